The Morgan fingerprint density at radius 3 is 2.69 bits per heavy atom. The summed E-state index contributed by atoms with van der Waals surface area (Å²) in [7, 11) is 0. The van der Waals surface area contributed by atoms with E-state index in [9.17, 15) is 18.4 Å². The summed E-state index contributed by atoms with van der Waals surface area (Å²) in [5.74, 6) is -2.97. The van der Waals surface area contributed by atoms with Crippen LogP contribution in [-0.4, -0.2) is 56.6 Å². The van der Waals surface area contributed by atoms with Crippen LogP contribution in [0.3, 0.4) is 0 Å². The third-order valence-electron chi connectivity index (χ3n) is 7.19. The maximum absolute atomic E-state index is 13.4. The summed E-state index contributed by atoms with van der Waals surface area (Å²) >= 11 is 0. The Kier molecular flexibility index (Phi) is 4.90. The van der Waals surface area contributed by atoms with Gasteiger partial charge in [0.05, 0.1) is 0 Å². The number of urea groups is 1. The number of hydrogen-bond acceptors (Lipinski definition) is 4. The number of piperidine rings is 1. The molecule has 32 heavy (non-hydrogen) atoms. The summed E-state index contributed by atoms with van der Waals surface area (Å²) in [5, 5.41) is 9.11. The summed E-state index contributed by atoms with van der Waals surface area (Å²) in [5.41, 5.74) is 2.06. The summed E-state index contributed by atoms with van der Waals surface area (Å²) in [4.78, 5) is 32.8. The SMILES string of the molecule is CC(F)(F)c1cc(C(=O)N2CCC3(CC2)CC3CNC(=O)N2Cc3ccncc3C2)n[nH]1. The number of amides is 3. The fourth-order valence-corrected chi connectivity index (χ4v) is 4.99. The molecule has 1 saturated heterocycles. The number of nitrogens with zero attached hydrogens (tertiary/aromatic N) is 4. The first-order chi connectivity index (χ1) is 15.2. The first-order valence-electron chi connectivity index (χ1n) is 10.9. The van der Waals surface area contributed by atoms with E-state index < -0.39 is 5.92 Å². The zero-order chi connectivity index (χ0) is 22.5. The molecule has 8 nitrogen and oxygen atoms in total. The molecule has 0 bridgehead atoms. The van der Waals surface area contributed by atoms with Gasteiger partial charge in [-0.15, -0.1) is 0 Å². The van der Waals surface area contributed by atoms with Gasteiger partial charge in [0, 0.05) is 52.0 Å². The highest BCUT2D eigenvalue weighted by molar-refractivity contribution is 5.92. The Labute approximate surface area is 184 Å². The highest BCUT2D eigenvalue weighted by Crippen LogP contribution is 2.59. The van der Waals surface area contributed by atoms with Crippen molar-refractivity contribution in [1.82, 2.24) is 30.3 Å². The van der Waals surface area contributed by atoms with Gasteiger partial charge in [-0.05, 0) is 53.9 Å². The van der Waals surface area contributed by atoms with Crippen LogP contribution in [-0.2, 0) is 19.0 Å². The second-order valence-corrected chi connectivity index (χ2v) is 9.30. The van der Waals surface area contributed by atoms with Crippen LogP contribution >= 0.6 is 0 Å². The number of rotatable bonds is 4. The molecule has 3 aliphatic rings. The summed E-state index contributed by atoms with van der Waals surface area (Å²) in [6.45, 7) is 3.73. The van der Waals surface area contributed by atoms with E-state index in [-0.39, 0.29) is 28.7 Å². The fraction of sp³-hybridized carbons (Fsp3) is 0.545. The van der Waals surface area contributed by atoms with Crippen molar-refractivity contribution in [2.24, 2.45) is 11.3 Å². The molecule has 1 spiro atoms. The standard InChI is InChI=1S/C22H26F2N6O2/c1-21(23,24)18-8-17(27-28-18)19(31)29-6-3-22(4-7-29)9-16(22)11-26-20(32)30-12-14-2-5-25-10-15(14)13-30/h2,5,8,10,16H,3-4,6-7,9,11-13H2,1H3,(H,26,32)(H,27,28). The van der Waals surface area contributed by atoms with Gasteiger partial charge in [0.25, 0.3) is 11.8 Å². The number of carbonyl (C=O) groups is 2. The lowest BCUT2D eigenvalue weighted by Gasteiger charge is -2.32. The van der Waals surface area contributed by atoms with Crippen LogP contribution in [0.2, 0.25) is 0 Å². The molecule has 3 amide bonds. The molecule has 1 atom stereocenters. The van der Waals surface area contributed by atoms with Crippen molar-refractivity contribution < 1.29 is 18.4 Å². The van der Waals surface area contributed by atoms with Crippen LogP contribution in [0.5, 0.6) is 0 Å². The number of aromatic amines is 1. The molecule has 10 heteroatoms. The zero-order valence-electron chi connectivity index (χ0n) is 17.9. The average molecular weight is 444 g/mol. The molecule has 170 valence electrons. The van der Waals surface area contributed by atoms with E-state index in [0.717, 1.165) is 43.4 Å². The van der Waals surface area contributed by atoms with Crippen LogP contribution < -0.4 is 5.32 Å². The predicted molar refractivity (Wildman–Crippen MR) is 111 cm³/mol. The lowest BCUT2D eigenvalue weighted by atomic mass is 9.90. The van der Waals surface area contributed by atoms with Crippen LogP contribution in [0, 0.1) is 11.3 Å². The quantitative estimate of drug-likeness (QED) is 0.758. The fourth-order valence-electron chi connectivity index (χ4n) is 4.99. The molecule has 4 heterocycles. The summed E-state index contributed by atoms with van der Waals surface area (Å²) in [6, 6.07) is 3.03. The monoisotopic (exact) mass is 444 g/mol. The van der Waals surface area contributed by atoms with Gasteiger partial charge in [-0.1, -0.05) is 0 Å². The molecule has 5 rings (SSSR count). The van der Waals surface area contributed by atoms with E-state index in [0.29, 0.717) is 38.6 Å². The Hall–Kier alpha value is -3.04. The molecule has 2 fully saturated rings. The number of alkyl halides is 2. The predicted octanol–water partition coefficient (Wildman–Crippen LogP) is 2.88. The molecular weight excluding hydrogens is 418 g/mol. The third-order valence-corrected chi connectivity index (χ3v) is 7.19. The maximum Gasteiger partial charge on any atom is 0.318 e. The second kappa shape index (κ2) is 7.53. The number of pyridine rings is 1. The topological polar surface area (TPSA) is 94.2 Å². The van der Waals surface area contributed by atoms with Crippen molar-refractivity contribution in [2.45, 2.75) is 45.2 Å². The minimum Gasteiger partial charge on any atom is -0.338 e. The number of halogens is 2. The normalized spacial score (nSPS) is 21.5. The average Bonchev–Trinajstić information content (AvgIpc) is 3.16. The van der Waals surface area contributed by atoms with Gasteiger partial charge in [-0.25, -0.2) is 4.79 Å². The van der Waals surface area contributed by atoms with E-state index in [4.69, 9.17) is 0 Å². The second-order valence-electron chi connectivity index (χ2n) is 9.30. The smallest absolute Gasteiger partial charge is 0.318 e. The van der Waals surface area contributed by atoms with E-state index in [1.807, 2.05) is 12.3 Å². The van der Waals surface area contributed by atoms with Gasteiger partial charge in [-0.3, -0.25) is 14.9 Å². The number of hydrogen-bond donors (Lipinski definition) is 2. The van der Waals surface area contributed by atoms with Crippen molar-refractivity contribution in [3.8, 4) is 0 Å². The maximum atomic E-state index is 13.4. The van der Waals surface area contributed by atoms with Gasteiger partial charge >= 0.3 is 6.03 Å². The first-order valence-corrected chi connectivity index (χ1v) is 10.9. The molecule has 2 N–H and O–H groups in total. The molecule has 2 aromatic rings. The molecule has 1 aliphatic carbocycles. The van der Waals surface area contributed by atoms with Crippen LogP contribution in [0.4, 0.5) is 13.6 Å². The number of fused-ring (bicyclic) bond motifs is 1. The van der Waals surface area contributed by atoms with Gasteiger partial charge in [0.2, 0.25) is 0 Å². The lowest BCUT2D eigenvalue weighted by Crippen LogP contribution is -2.41. The number of H-pyrrole nitrogens is 1. The summed E-state index contributed by atoms with van der Waals surface area (Å²) < 4.78 is 26.8. The van der Waals surface area contributed by atoms with Gasteiger partial charge in [-0.2, -0.15) is 13.9 Å². The highest BCUT2D eigenvalue weighted by Gasteiger charge is 2.55. The minimum atomic E-state index is -3.06. The third kappa shape index (κ3) is 3.82. The van der Waals surface area contributed by atoms with Gasteiger partial charge < -0.3 is 15.1 Å². The van der Waals surface area contributed by atoms with Crippen molar-refractivity contribution in [2.75, 3.05) is 19.6 Å². The highest BCUT2D eigenvalue weighted by atomic mass is 19.3. The van der Waals surface area contributed by atoms with E-state index >= 15 is 0 Å². The molecule has 0 radical (unpaired) electrons. The van der Waals surface area contributed by atoms with Crippen molar-refractivity contribution in [3.05, 3.63) is 47.0 Å². The van der Waals surface area contributed by atoms with Crippen molar-refractivity contribution >= 4 is 11.9 Å². The zero-order valence-corrected chi connectivity index (χ0v) is 17.9. The first kappa shape index (κ1) is 20.8. The Morgan fingerprint density at radius 2 is 2.00 bits per heavy atom. The number of carbonyl (C=O) groups excluding carboxylic acids is 2. The van der Waals surface area contributed by atoms with Crippen LogP contribution in [0.15, 0.2) is 24.5 Å². The van der Waals surface area contributed by atoms with E-state index in [2.05, 4.69) is 20.5 Å². The molecule has 1 unspecified atom stereocenters. The number of likely N-dealkylation sites (tertiary alicyclic amines) is 1. The van der Waals surface area contributed by atoms with Gasteiger partial charge in [0.15, 0.2) is 5.69 Å². The number of aromatic nitrogens is 3. The lowest BCUT2D eigenvalue weighted by molar-refractivity contribution is 0.0127. The Balaban J connectivity index is 1.09. The minimum absolute atomic E-state index is 0.0268. The number of nitrogens with one attached hydrogen (secondary N) is 2. The molecular formula is C22H26F2N6O2. The Bertz CT molecular complexity index is 1020. The van der Waals surface area contributed by atoms with Crippen LogP contribution in [0.25, 0.3) is 0 Å². The Morgan fingerprint density at radius 1 is 1.25 bits per heavy atom. The molecule has 0 aromatic carbocycles. The largest absolute Gasteiger partial charge is 0.338 e. The van der Waals surface area contributed by atoms with Crippen LogP contribution in [0.1, 0.15) is 53.5 Å². The summed E-state index contributed by atoms with van der Waals surface area (Å²) in [6.07, 6.45) is 6.29. The van der Waals surface area contributed by atoms with E-state index in [1.54, 1.807) is 16.0 Å². The van der Waals surface area contributed by atoms with Gasteiger partial charge in [0.1, 0.15) is 5.69 Å². The van der Waals surface area contributed by atoms with Crippen molar-refractivity contribution in [3.63, 3.8) is 0 Å². The molecule has 2 aliphatic heterocycles. The molecule has 2 aromatic heterocycles. The molecule has 1 saturated carbocycles. The van der Waals surface area contributed by atoms with E-state index in [1.165, 1.54) is 0 Å². The van der Waals surface area contributed by atoms with Crippen molar-refractivity contribution in [1.29, 1.82) is 0 Å².